The number of ether oxygens (including phenoxy) is 2. The third kappa shape index (κ3) is 6.60. The molecule has 27 heavy (non-hydrogen) atoms. The zero-order chi connectivity index (χ0) is 19.6. The summed E-state index contributed by atoms with van der Waals surface area (Å²) in [5.41, 5.74) is 4.41. The number of nitrogens with zero attached hydrogens (tertiary/aromatic N) is 1. The number of hydrazone groups is 1. The van der Waals surface area contributed by atoms with Crippen molar-refractivity contribution in [2.75, 3.05) is 13.7 Å². The van der Waals surface area contributed by atoms with Gasteiger partial charge in [0.2, 0.25) is 5.91 Å². The first-order valence-electron chi connectivity index (χ1n) is 8.63. The number of hydrogen-bond donors (Lipinski definition) is 2. The molecule has 0 aliphatic heterocycles. The van der Waals surface area contributed by atoms with Crippen molar-refractivity contribution in [2.45, 2.75) is 26.2 Å². The van der Waals surface area contributed by atoms with E-state index in [2.05, 4.69) is 33.4 Å². The van der Waals surface area contributed by atoms with Crippen LogP contribution < -0.4 is 14.9 Å². The molecule has 2 rings (SSSR count). The molecular formula is C20H23BrN2O4. The molecule has 0 aliphatic carbocycles. The number of carbonyl (C=O) groups excluding carboxylic acids is 1. The molecule has 0 saturated carbocycles. The number of phenols is 1. The predicted octanol–water partition coefficient (Wildman–Crippen LogP) is 4.04. The summed E-state index contributed by atoms with van der Waals surface area (Å²) < 4.78 is 11.6. The molecule has 0 atom stereocenters. The van der Waals surface area contributed by atoms with E-state index in [1.165, 1.54) is 25.0 Å². The Labute approximate surface area is 167 Å². The second-order valence-corrected chi connectivity index (χ2v) is 6.65. The summed E-state index contributed by atoms with van der Waals surface area (Å²) in [6.07, 6.45) is 3.34. The molecule has 0 heterocycles. The van der Waals surface area contributed by atoms with Gasteiger partial charge in [0.25, 0.3) is 0 Å². The SMILES string of the molecule is CCc1ccc(OCCCC(=O)N/N=C/c2ccc(O)c(OC)c2)c(Br)c1. The van der Waals surface area contributed by atoms with Crippen LogP contribution in [0.4, 0.5) is 0 Å². The Balaban J connectivity index is 1.72. The number of aromatic hydroxyl groups is 1. The molecule has 0 aliphatic rings. The normalized spacial score (nSPS) is 10.8. The Hall–Kier alpha value is -2.54. The fourth-order valence-electron chi connectivity index (χ4n) is 2.31. The number of carbonyl (C=O) groups is 1. The molecule has 0 saturated heterocycles. The van der Waals surface area contributed by atoms with Gasteiger partial charge in [-0.3, -0.25) is 4.79 Å². The molecule has 0 fully saturated rings. The zero-order valence-corrected chi connectivity index (χ0v) is 17.0. The third-order valence-corrected chi connectivity index (χ3v) is 4.44. The van der Waals surface area contributed by atoms with Gasteiger partial charge < -0.3 is 14.6 Å². The highest BCUT2D eigenvalue weighted by Crippen LogP contribution is 2.26. The number of methoxy groups -OCH3 is 1. The first-order valence-corrected chi connectivity index (χ1v) is 9.43. The van der Waals surface area contributed by atoms with Crippen molar-refractivity contribution < 1.29 is 19.4 Å². The van der Waals surface area contributed by atoms with E-state index in [-0.39, 0.29) is 11.7 Å². The van der Waals surface area contributed by atoms with E-state index >= 15 is 0 Å². The van der Waals surface area contributed by atoms with Crippen molar-refractivity contribution in [2.24, 2.45) is 5.10 Å². The van der Waals surface area contributed by atoms with Crippen LogP contribution in [0.2, 0.25) is 0 Å². The van der Waals surface area contributed by atoms with Crippen LogP contribution in [-0.4, -0.2) is 30.9 Å². The van der Waals surface area contributed by atoms with Crippen LogP contribution in [0.5, 0.6) is 17.2 Å². The summed E-state index contributed by atoms with van der Waals surface area (Å²) in [6.45, 7) is 2.54. The van der Waals surface area contributed by atoms with Gasteiger partial charge in [-0.15, -0.1) is 0 Å². The number of halogens is 1. The standard InChI is InChI=1S/C20H23BrN2O4/c1-3-14-7-9-18(16(21)11-14)27-10-4-5-20(25)23-22-13-15-6-8-17(24)19(12-15)26-2/h6-9,11-13,24H,3-5,10H2,1-2H3,(H,23,25)/b22-13+. The Morgan fingerprint density at radius 2 is 2.07 bits per heavy atom. The largest absolute Gasteiger partial charge is 0.504 e. The Kier molecular flexibility index (Phi) is 8.13. The molecule has 7 heteroatoms. The lowest BCUT2D eigenvalue weighted by Gasteiger charge is -2.09. The van der Waals surface area contributed by atoms with Gasteiger partial charge in [0.15, 0.2) is 11.5 Å². The molecule has 2 aromatic carbocycles. The fourth-order valence-corrected chi connectivity index (χ4v) is 2.85. The van der Waals surface area contributed by atoms with Crippen LogP contribution in [-0.2, 0) is 11.2 Å². The van der Waals surface area contributed by atoms with Gasteiger partial charge in [0, 0.05) is 6.42 Å². The summed E-state index contributed by atoms with van der Waals surface area (Å²) in [6, 6.07) is 10.8. The average molecular weight is 435 g/mol. The maximum Gasteiger partial charge on any atom is 0.240 e. The van der Waals surface area contributed by atoms with Gasteiger partial charge in [-0.2, -0.15) is 5.10 Å². The second kappa shape index (κ2) is 10.6. The minimum Gasteiger partial charge on any atom is -0.504 e. The molecule has 144 valence electrons. The minimum absolute atomic E-state index is 0.0506. The number of nitrogens with one attached hydrogen (secondary N) is 1. The number of benzene rings is 2. The van der Waals surface area contributed by atoms with E-state index in [1.54, 1.807) is 12.1 Å². The van der Waals surface area contributed by atoms with Crippen molar-refractivity contribution in [1.82, 2.24) is 5.43 Å². The quantitative estimate of drug-likeness (QED) is 0.354. The number of rotatable bonds is 9. The van der Waals surface area contributed by atoms with Crippen LogP contribution in [0, 0.1) is 0 Å². The Morgan fingerprint density at radius 3 is 2.78 bits per heavy atom. The topological polar surface area (TPSA) is 80.2 Å². The van der Waals surface area contributed by atoms with Crippen molar-refractivity contribution in [3.8, 4) is 17.2 Å². The molecule has 0 radical (unpaired) electrons. The monoisotopic (exact) mass is 434 g/mol. The Morgan fingerprint density at radius 1 is 1.26 bits per heavy atom. The van der Waals surface area contributed by atoms with E-state index in [0.29, 0.717) is 30.8 Å². The highest BCUT2D eigenvalue weighted by Gasteiger charge is 2.04. The number of hydrogen-bond acceptors (Lipinski definition) is 5. The van der Waals surface area contributed by atoms with Crippen molar-refractivity contribution in [3.63, 3.8) is 0 Å². The van der Waals surface area contributed by atoms with E-state index in [4.69, 9.17) is 9.47 Å². The van der Waals surface area contributed by atoms with E-state index in [9.17, 15) is 9.90 Å². The van der Waals surface area contributed by atoms with Crippen LogP contribution in [0.1, 0.15) is 30.9 Å². The fraction of sp³-hybridized carbons (Fsp3) is 0.300. The summed E-state index contributed by atoms with van der Waals surface area (Å²) in [5.74, 6) is 0.975. The first-order chi connectivity index (χ1) is 13.0. The molecule has 0 aromatic heterocycles. The molecule has 2 aromatic rings. The molecule has 1 amide bonds. The zero-order valence-electron chi connectivity index (χ0n) is 15.4. The highest BCUT2D eigenvalue weighted by atomic mass is 79.9. The molecule has 0 bridgehead atoms. The second-order valence-electron chi connectivity index (χ2n) is 5.79. The van der Waals surface area contributed by atoms with Gasteiger partial charge in [-0.05, 0) is 70.2 Å². The predicted molar refractivity (Wildman–Crippen MR) is 109 cm³/mol. The molecule has 0 spiro atoms. The lowest BCUT2D eigenvalue weighted by atomic mass is 10.2. The van der Waals surface area contributed by atoms with Gasteiger partial charge in [-0.25, -0.2) is 5.43 Å². The lowest BCUT2D eigenvalue weighted by molar-refractivity contribution is -0.121. The van der Waals surface area contributed by atoms with Crippen LogP contribution in [0.3, 0.4) is 0 Å². The first kappa shape index (κ1) is 20.8. The highest BCUT2D eigenvalue weighted by molar-refractivity contribution is 9.10. The van der Waals surface area contributed by atoms with Crippen LogP contribution >= 0.6 is 15.9 Å². The summed E-state index contributed by atoms with van der Waals surface area (Å²) in [4.78, 5) is 11.8. The van der Waals surface area contributed by atoms with Crippen LogP contribution in [0.15, 0.2) is 46.0 Å². The summed E-state index contributed by atoms with van der Waals surface area (Å²) in [7, 11) is 1.47. The number of amides is 1. The maximum absolute atomic E-state index is 11.8. The third-order valence-electron chi connectivity index (χ3n) is 3.82. The van der Waals surface area contributed by atoms with E-state index in [1.807, 2.05) is 18.2 Å². The number of aryl methyl sites for hydroxylation is 1. The van der Waals surface area contributed by atoms with Crippen molar-refractivity contribution >= 4 is 28.1 Å². The molecule has 6 nitrogen and oxygen atoms in total. The van der Waals surface area contributed by atoms with Gasteiger partial charge in [0.05, 0.1) is 24.4 Å². The van der Waals surface area contributed by atoms with Gasteiger partial charge in [-0.1, -0.05) is 13.0 Å². The number of phenolic OH excluding ortho intramolecular Hbond substituents is 1. The van der Waals surface area contributed by atoms with E-state index in [0.717, 1.165) is 16.6 Å². The maximum atomic E-state index is 11.8. The van der Waals surface area contributed by atoms with Gasteiger partial charge in [0.1, 0.15) is 5.75 Å². The lowest BCUT2D eigenvalue weighted by Crippen LogP contribution is -2.18. The minimum atomic E-state index is -0.194. The molecule has 0 unspecified atom stereocenters. The molecule has 2 N–H and O–H groups in total. The van der Waals surface area contributed by atoms with E-state index < -0.39 is 0 Å². The average Bonchev–Trinajstić information content (AvgIpc) is 2.67. The Bertz CT molecular complexity index is 809. The smallest absolute Gasteiger partial charge is 0.240 e. The molecular weight excluding hydrogens is 412 g/mol. The van der Waals surface area contributed by atoms with Crippen molar-refractivity contribution in [1.29, 1.82) is 0 Å². The summed E-state index contributed by atoms with van der Waals surface area (Å²) in [5, 5.41) is 13.4. The van der Waals surface area contributed by atoms with Crippen molar-refractivity contribution in [3.05, 3.63) is 52.0 Å². The summed E-state index contributed by atoms with van der Waals surface area (Å²) >= 11 is 3.49. The van der Waals surface area contributed by atoms with Gasteiger partial charge >= 0.3 is 0 Å². The van der Waals surface area contributed by atoms with Crippen LogP contribution in [0.25, 0.3) is 0 Å².